The molecule has 1 heterocycles. The number of alkyl halides is 3. The van der Waals surface area contributed by atoms with Gasteiger partial charge in [-0.25, -0.2) is 14.5 Å². The number of ether oxygens (including phenoxy) is 2. The molecule has 0 saturated heterocycles. The molecule has 0 aliphatic rings. The van der Waals surface area contributed by atoms with Crippen molar-refractivity contribution in [3.8, 4) is 22.8 Å². The number of aromatic nitrogens is 3. The minimum atomic E-state index is -4.74. The molecule has 0 aliphatic carbocycles. The van der Waals surface area contributed by atoms with Crippen LogP contribution in [0.25, 0.3) is 23.2 Å². The Bertz CT molecular complexity index is 1130. The highest BCUT2D eigenvalue weighted by atomic mass is 19.4. The van der Waals surface area contributed by atoms with E-state index in [-0.39, 0.29) is 5.75 Å². The van der Waals surface area contributed by atoms with Crippen LogP contribution in [0.15, 0.2) is 60.6 Å². The Hall–Kier alpha value is -3.82. The summed E-state index contributed by atoms with van der Waals surface area (Å²) in [6, 6.07) is 12.7. The quantitative estimate of drug-likeness (QED) is 0.527. The number of benzene rings is 2. The maximum Gasteiger partial charge on any atom is 0.573 e. The van der Waals surface area contributed by atoms with Gasteiger partial charge in [0.15, 0.2) is 5.82 Å². The number of allylic oxidation sites excluding steroid dienone is 1. The van der Waals surface area contributed by atoms with Gasteiger partial charge in [0.1, 0.15) is 17.7 Å². The van der Waals surface area contributed by atoms with Gasteiger partial charge in [0.05, 0.1) is 5.69 Å². The molecule has 1 amide bonds. The molecule has 1 aromatic heterocycles. The Balaban J connectivity index is 1.67. The Morgan fingerprint density at radius 1 is 1.03 bits per heavy atom. The first-order valence-corrected chi connectivity index (χ1v) is 9.94. The van der Waals surface area contributed by atoms with E-state index in [0.29, 0.717) is 17.2 Å². The van der Waals surface area contributed by atoms with Gasteiger partial charge in [-0.1, -0.05) is 24.3 Å². The summed E-state index contributed by atoms with van der Waals surface area (Å²) >= 11 is 0. The third kappa shape index (κ3) is 7.37. The molecule has 0 spiro atoms. The highest BCUT2D eigenvalue weighted by Gasteiger charge is 2.31. The Morgan fingerprint density at radius 3 is 2.24 bits per heavy atom. The van der Waals surface area contributed by atoms with Gasteiger partial charge in [-0.3, -0.25) is 5.32 Å². The molecule has 174 valence electrons. The van der Waals surface area contributed by atoms with Gasteiger partial charge in [-0.05, 0) is 63.6 Å². The number of carbonyl (C=O) groups excluding carboxylic acids is 1. The summed E-state index contributed by atoms with van der Waals surface area (Å²) in [5, 5.41) is 7.04. The molecule has 0 fully saturated rings. The van der Waals surface area contributed by atoms with E-state index in [1.165, 1.54) is 35.3 Å². The predicted molar refractivity (Wildman–Crippen MR) is 116 cm³/mol. The van der Waals surface area contributed by atoms with Gasteiger partial charge in [0, 0.05) is 11.3 Å². The summed E-state index contributed by atoms with van der Waals surface area (Å²) in [5.41, 5.74) is 2.18. The zero-order valence-corrected chi connectivity index (χ0v) is 18.5. The predicted octanol–water partition coefficient (Wildman–Crippen LogP) is 5.72. The Labute approximate surface area is 188 Å². The molecule has 0 radical (unpaired) electrons. The third-order valence-electron chi connectivity index (χ3n) is 4.08. The van der Waals surface area contributed by atoms with Crippen molar-refractivity contribution in [1.82, 2.24) is 20.1 Å². The summed E-state index contributed by atoms with van der Waals surface area (Å²) in [5.74, 6) is 0.136. The molecule has 0 unspecified atom stereocenters. The van der Waals surface area contributed by atoms with Crippen LogP contribution >= 0.6 is 0 Å². The molecule has 0 atom stereocenters. The highest BCUT2D eigenvalue weighted by Crippen LogP contribution is 2.24. The van der Waals surface area contributed by atoms with Crippen LogP contribution in [-0.2, 0) is 4.74 Å². The first kappa shape index (κ1) is 23.8. The smallest absolute Gasteiger partial charge is 0.444 e. The molecule has 1 N–H and O–H groups in total. The number of hydrogen-bond acceptors (Lipinski definition) is 5. The molecule has 0 saturated carbocycles. The lowest BCUT2D eigenvalue weighted by Crippen LogP contribution is -2.31. The normalized spacial score (nSPS) is 12.4. The molecule has 3 rings (SSSR count). The van der Waals surface area contributed by atoms with E-state index in [9.17, 15) is 18.0 Å². The molecule has 33 heavy (non-hydrogen) atoms. The van der Waals surface area contributed by atoms with Crippen LogP contribution in [0, 0.1) is 0 Å². The minimum absolute atomic E-state index is 0.313. The number of nitrogens with one attached hydrogen (secondary N) is 1. The van der Waals surface area contributed by atoms with Crippen LogP contribution in [0.4, 0.5) is 18.0 Å². The van der Waals surface area contributed by atoms with Gasteiger partial charge in [0.2, 0.25) is 0 Å². The first-order valence-electron chi connectivity index (χ1n) is 9.94. The van der Waals surface area contributed by atoms with Crippen LogP contribution in [0.1, 0.15) is 33.3 Å². The van der Waals surface area contributed by atoms with Crippen molar-refractivity contribution in [2.75, 3.05) is 0 Å². The number of rotatable bonds is 5. The SMILES string of the molecule is C/C(=C/c1ccc(-c2ncn(-c3ccc(OC(F)(F)F)cc3)n2)cc1)NC(=O)OC(C)(C)C. The third-order valence-corrected chi connectivity index (χ3v) is 4.08. The molecular formula is C23H23F3N4O3. The van der Waals surface area contributed by atoms with E-state index in [2.05, 4.69) is 20.1 Å². The van der Waals surface area contributed by atoms with Crippen LogP contribution in [0.5, 0.6) is 5.75 Å². The van der Waals surface area contributed by atoms with Crippen molar-refractivity contribution in [2.24, 2.45) is 0 Å². The fraction of sp³-hybridized carbons (Fsp3) is 0.261. The monoisotopic (exact) mass is 460 g/mol. The van der Waals surface area contributed by atoms with Gasteiger partial charge in [-0.2, -0.15) is 0 Å². The molecular weight excluding hydrogens is 437 g/mol. The lowest BCUT2D eigenvalue weighted by atomic mass is 10.1. The summed E-state index contributed by atoms with van der Waals surface area (Å²) < 4.78 is 47.4. The topological polar surface area (TPSA) is 78.3 Å². The number of carbonyl (C=O) groups is 1. The maximum atomic E-state index is 12.3. The Morgan fingerprint density at radius 2 is 1.67 bits per heavy atom. The van der Waals surface area contributed by atoms with Gasteiger partial charge < -0.3 is 9.47 Å². The van der Waals surface area contributed by atoms with Gasteiger partial charge in [0.25, 0.3) is 0 Å². The van der Waals surface area contributed by atoms with Crippen molar-refractivity contribution in [3.63, 3.8) is 0 Å². The van der Waals surface area contributed by atoms with E-state index in [1.807, 2.05) is 24.3 Å². The zero-order valence-electron chi connectivity index (χ0n) is 18.5. The first-order chi connectivity index (χ1) is 15.4. The highest BCUT2D eigenvalue weighted by molar-refractivity contribution is 5.72. The van der Waals surface area contributed by atoms with E-state index in [4.69, 9.17) is 4.74 Å². The average Bonchev–Trinajstić information content (AvgIpc) is 3.16. The molecule has 2 aromatic carbocycles. The second-order valence-corrected chi connectivity index (χ2v) is 8.13. The number of hydrogen-bond donors (Lipinski definition) is 1. The van der Waals surface area contributed by atoms with E-state index in [1.54, 1.807) is 33.8 Å². The van der Waals surface area contributed by atoms with Crippen molar-refractivity contribution in [1.29, 1.82) is 0 Å². The fourth-order valence-corrected chi connectivity index (χ4v) is 2.80. The summed E-state index contributed by atoms with van der Waals surface area (Å²) in [4.78, 5) is 16.1. The Kier molecular flexibility index (Phi) is 6.75. The summed E-state index contributed by atoms with van der Waals surface area (Å²) in [6.07, 6.45) is -2.00. The van der Waals surface area contributed by atoms with Crippen LogP contribution in [0.2, 0.25) is 0 Å². The molecule has 3 aromatic rings. The van der Waals surface area contributed by atoms with E-state index < -0.39 is 18.1 Å². The fourth-order valence-electron chi connectivity index (χ4n) is 2.80. The van der Waals surface area contributed by atoms with Crippen LogP contribution in [0.3, 0.4) is 0 Å². The second-order valence-electron chi connectivity index (χ2n) is 8.13. The molecule has 7 nitrogen and oxygen atoms in total. The van der Waals surface area contributed by atoms with Gasteiger partial charge in [-0.15, -0.1) is 18.3 Å². The van der Waals surface area contributed by atoms with Gasteiger partial charge >= 0.3 is 12.5 Å². The average molecular weight is 460 g/mol. The van der Waals surface area contributed by atoms with Crippen LogP contribution < -0.4 is 10.1 Å². The van der Waals surface area contributed by atoms with E-state index in [0.717, 1.165) is 11.1 Å². The lowest BCUT2D eigenvalue weighted by molar-refractivity contribution is -0.274. The number of amides is 1. The molecule has 10 heteroatoms. The maximum absolute atomic E-state index is 12.3. The summed E-state index contributed by atoms with van der Waals surface area (Å²) in [6.45, 7) is 7.12. The van der Waals surface area contributed by atoms with E-state index >= 15 is 0 Å². The summed E-state index contributed by atoms with van der Waals surface area (Å²) in [7, 11) is 0. The molecule has 0 bridgehead atoms. The second kappa shape index (κ2) is 9.35. The zero-order chi connectivity index (χ0) is 24.2. The van der Waals surface area contributed by atoms with Crippen molar-refractivity contribution in [3.05, 3.63) is 66.1 Å². The largest absolute Gasteiger partial charge is 0.573 e. The standard InChI is InChI=1S/C23H23F3N4O3/c1-15(28-21(31)33-22(2,3)4)13-16-5-7-17(8-6-16)20-27-14-30(29-20)18-9-11-19(12-10-18)32-23(24,25)26/h5-14H,1-4H3,(H,28,31)/b15-13-. The minimum Gasteiger partial charge on any atom is -0.444 e. The van der Waals surface area contributed by atoms with Crippen LogP contribution in [-0.4, -0.2) is 32.8 Å². The van der Waals surface area contributed by atoms with Crippen molar-refractivity contribution >= 4 is 12.2 Å². The molecule has 0 aliphatic heterocycles. The lowest BCUT2D eigenvalue weighted by Gasteiger charge is -2.19. The number of nitrogens with zero attached hydrogens (tertiary/aromatic N) is 3. The number of alkyl carbamates (subject to hydrolysis) is 1. The van der Waals surface area contributed by atoms with Crippen molar-refractivity contribution in [2.45, 2.75) is 39.7 Å². The van der Waals surface area contributed by atoms with Crippen molar-refractivity contribution < 1.29 is 27.4 Å². The number of halogens is 3.